The lowest BCUT2D eigenvalue weighted by Crippen LogP contribution is -2.37. The quantitative estimate of drug-likeness (QED) is 0.866. The summed E-state index contributed by atoms with van der Waals surface area (Å²) in [6, 6.07) is 7.48. The number of hydrogen-bond acceptors (Lipinski definition) is 4. The summed E-state index contributed by atoms with van der Waals surface area (Å²) in [6.45, 7) is 2.57. The number of benzene rings is 1. The Balaban J connectivity index is 2.18. The van der Waals surface area contributed by atoms with E-state index in [4.69, 9.17) is 5.26 Å². The van der Waals surface area contributed by atoms with Crippen molar-refractivity contribution in [1.82, 2.24) is 0 Å². The number of rotatable bonds is 4. The van der Waals surface area contributed by atoms with Crippen LogP contribution in [0.2, 0.25) is 0 Å². The molecule has 19 heavy (non-hydrogen) atoms. The molecule has 0 aromatic heterocycles. The van der Waals surface area contributed by atoms with Crippen LogP contribution in [-0.2, 0) is 0 Å². The minimum Gasteiger partial charge on any atom is -0.393 e. The summed E-state index contributed by atoms with van der Waals surface area (Å²) in [4.78, 5) is 2.07. The van der Waals surface area contributed by atoms with E-state index in [0.29, 0.717) is 11.5 Å². The largest absolute Gasteiger partial charge is 0.393 e. The van der Waals surface area contributed by atoms with Gasteiger partial charge in [-0.1, -0.05) is 6.07 Å². The molecule has 0 bridgehead atoms. The Morgan fingerprint density at radius 1 is 1.47 bits per heavy atom. The Morgan fingerprint density at radius 2 is 2.16 bits per heavy atom. The summed E-state index contributed by atoms with van der Waals surface area (Å²) in [6.07, 6.45) is 0.968. The van der Waals surface area contributed by atoms with Crippen molar-refractivity contribution in [1.29, 1.82) is 5.26 Å². The first-order valence-corrected chi connectivity index (χ1v) is 6.62. The number of nitrogens with zero attached hydrogens (tertiary/aromatic N) is 2. The van der Waals surface area contributed by atoms with Crippen LogP contribution in [0.4, 0.5) is 5.69 Å². The average molecular weight is 260 g/mol. The van der Waals surface area contributed by atoms with Crippen molar-refractivity contribution in [2.45, 2.75) is 32.0 Å². The van der Waals surface area contributed by atoms with Crippen LogP contribution in [-0.4, -0.2) is 29.9 Å². The second kappa shape index (κ2) is 5.60. The van der Waals surface area contributed by atoms with Crippen molar-refractivity contribution >= 4 is 5.69 Å². The van der Waals surface area contributed by atoms with Gasteiger partial charge in [0.2, 0.25) is 0 Å². The third-order valence-corrected chi connectivity index (χ3v) is 3.76. The molecule has 0 saturated heterocycles. The van der Waals surface area contributed by atoms with E-state index in [0.717, 1.165) is 30.6 Å². The van der Waals surface area contributed by atoms with Gasteiger partial charge in [0, 0.05) is 24.8 Å². The van der Waals surface area contributed by atoms with E-state index in [2.05, 4.69) is 11.0 Å². The molecule has 0 spiro atoms. The highest BCUT2D eigenvalue weighted by Crippen LogP contribution is 2.32. The molecule has 1 aliphatic carbocycles. The molecule has 1 atom stereocenters. The third-order valence-electron chi connectivity index (χ3n) is 3.76. The predicted octanol–water partition coefficient (Wildman–Crippen LogP) is 1.82. The summed E-state index contributed by atoms with van der Waals surface area (Å²) in [5.41, 5.74) is 2.33. The molecule has 4 nitrogen and oxygen atoms in total. The topological polar surface area (TPSA) is 67.5 Å². The van der Waals surface area contributed by atoms with Gasteiger partial charge < -0.3 is 15.1 Å². The molecule has 1 aliphatic rings. The highest BCUT2D eigenvalue weighted by molar-refractivity contribution is 5.58. The summed E-state index contributed by atoms with van der Waals surface area (Å²) in [5.74, 6) is 0.493. The molecule has 0 aliphatic heterocycles. The highest BCUT2D eigenvalue weighted by atomic mass is 16.3. The summed E-state index contributed by atoms with van der Waals surface area (Å²) >= 11 is 0. The molecule has 2 N–H and O–H groups in total. The van der Waals surface area contributed by atoms with Crippen molar-refractivity contribution in [2.24, 2.45) is 5.92 Å². The molecular formula is C15H20N2O2. The van der Waals surface area contributed by atoms with Gasteiger partial charge in [0.05, 0.1) is 23.8 Å². The van der Waals surface area contributed by atoms with Crippen LogP contribution in [0.25, 0.3) is 0 Å². The summed E-state index contributed by atoms with van der Waals surface area (Å²) < 4.78 is 0. The van der Waals surface area contributed by atoms with Gasteiger partial charge in [-0.25, -0.2) is 0 Å². The number of aliphatic hydroxyl groups excluding tert-OH is 2. The van der Waals surface area contributed by atoms with E-state index < -0.39 is 6.10 Å². The van der Waals surface area contributed by atoms with Crippen molar-refractivity contribution in [3.63, 3.8) is 0 Å². The van der Waals surface area contributed by atoms with Crippen molar-refractivity contribution in [3.8, 4) is 6.07 Å². The van der Waals surface area contributed by atoms with Crippen LogP contribution >= 0.6 is 0 Å². The first-order valence-electron chi connectivity index (χ1n) is 6.62. The smallest absolute Gasteiger partial charge is 0.0992 e. The first kappa shape index (κ1) is 13.9. The molecule has 1 saturated carbocycles. The molecule has 0 radical (unpaired) electrons. The SMILES string of the molecule is C[C@@H](O)c1ccc(C#N)cc1N(C)CC1CC(O)C1. The second-order valence-corrected chi connectivity index (χ2v) is 5.43. The molecular weight excluding hydrogens is 240 g/mol. The van der Waals surface area contributed by atoms with Crippen LogP contribution in [0.1, 0.15) is 37.0 Å². The predicted molar refractivity (Wildman–Crippen MR) is 73.8 cm³/mol. The maximum atomic E-state index is 9.81. The number of hydrogen-bond donors (Lipinski definition) is 2. The first-order chi connectivity index (χ1) is 9.01. The number of anilines is 1. The van der Waals surface area contributed by atoms with E-state index in [-0.39, 0.29) is 6.10 Å². The van der Waals surface area contributed by atoms with E-state index >= 15 is 0 Å². The minimum atomic E-state index is -0.558. The van der Waals surface area contributed by atoms with Crippen LogP contribution in [0, 0.1) is 17.2 Å². The second-order valence-electron chi connectivity index (χ2n) is 5.43. The number of aliphatic hydroxyl groups is 2. The molecule has 1 aromatic carbocycles. The maximum Gasteiger partial charge on any atom is 0.0992 e. The van der Waals surface area contributed by atoms with E-state index in [1.807, 2.05) is 19.2 Å². The lowest BCUT2D eigenvalue weighted by atomic mass is 9.82. The van der Waals surface area contributed by atoms with Crippen molar-refractivity contribution in [2.75, 3.05) is 18.5 Å². The third kappa shape index (κ3) is 3.06. The fourth-order valence-electron chi connectivity index (χ4n) is 2.63. The molecule has 0 amide bonds. The Kier molecular flexibility index (Phi) is 4.08. The van der Waals surface area contributed by atoms with Gasteiger partial charge in [-0.2, -0.15) is 5.26 Å². The van der Waals surface area contributed by atoms with Gasteiger partial charge in [0.15, 0.2) is 0 Å². The van der Waals surface area contributed by atoms with Gasteiger partial charge in [0.25, 0.3) is 0 Å². The molecule has 1 fully saturated rings. The average Bonchev–Trinajstić information content (AvgIpc) is 2.35. The van der Waals surface area contributed by atoms with Crippen molar-refractivity contribution in [3.05, 3.63) is 29.3 Å². The minimum absolute atomic E-state index is 0.153. The van der Waals surface area contributed by atoms with Gasteiger partial charge in [-0.05, 0) is 37.8 Å². The van der Waals surface area contributed by atoms with Gasteiger partial charge in [0.1, 0.15) is 0 Å². The van der Waals surface area contributed by atoms with Crippen LogP contribution in [0.5, 0.6) is 0 Å². The maximum absolute atomic E-state index is 9.81. The van der Waals surface area contributed by atoms with Crippen LogP contribution in [0.15, 0.2) is 18.2 Å². The number of nitriles is 1. The zero-order valence-corrected chi connectivity index (χ0v) is 11.4. The van der Waals surface area contributed by atoms with E-state index in [1.165, 1.54) is 0 Å². The molecule has 0 unspecified atom stereocenters. The molecule has 1 aromatic rings. The highest BCUT2D eigenvalue weighted by Gasteiger charge is 2.28. The zero-order chi connectivity index (χ0) is 14.0. The monoisotopic (exact) mass is 260 g/mol. The Hall–Kier alpha value is -1.57. The molecule has 4 heteroatoms. The van der Waals surface area contributed by atoms with Crippen LogP contribution < -0.4 is 4.90 Å². The van der Waals surface area contributed by atoms with Gasteiger partial charge in [-0.15, -0.1) is 0 Å². The fraction of sp³-hybridized carbons (Fsp3) is 0.533. The Labute approximate surface area is 113 Å². The van der Waals surface area contributed by atoms with E-state index in [9.17, 15) is 10.2 Å². The van der Waals surface area contributed by atoms with Gasteiger partial charge >= 0.3 is 0 Å². The summed E-state index contributed by atoms with van der Waals surface area (Å²) in [7, 11) is 1.97. The summed E-state index contributed by atoms with van der Waals surface area (Å²) in [5, 5.41) is 28.1. The molecule has 102 valence electrons. The normalized spacial score (nSPS) is 23.3. The van der Waals surface area contributed by atoms with Gasteiger partial charge in [-0.3, -0.25) is 0 Å². The molecule has 2 rings (SSSR count). The van der Waals surface area contributed by atoms with E-state index in [1.54, 1.807) is 13.0 Å². The lowest BCUT2D eigenvalue weighted by Gasteiger charge is -2.36. The Morgan fingerprint density at radius 3 is 2.68 bits per heavy atom. The van der Waals surface area contributed by atoms with Crippen LogP contribution in [0.3, 0.4) is 0 Å². The van der Waals surface area contributed by atoms with Crippen molar-refractivity contribution < 1.29 is 10.2 Å². The zero-order valence-electron chi connectivity index (χ0n) is 11.4. The standard InChI is InChI=1S/C15H20N2O2/c1-10(18)14-4-3-11(8-16)7-15(14)17(2)9-12-5-13(19)6-12/h3-4,7,10,12-13,18-19H,5-6,9H2,1-2H3/t10-,12?,13?/m1/s1. The fourth-order valence-corrected chi connectivity index (χ4v) is 2.63. The lowest BCUT2D eigenvalue weighted by molar-refractivity contribution is 0.0464. The Bertz CT molecular complexity index is 487. The molecule has 0 heterocycles.